The third kappa shape index (κ3) is 3.26. The number of anilines is 1. The molecule has 0 aromatic heterocycles. The topological polar surface area (TPSA) is 38.3 Å². The molecular formula is C13H19NO2. The summed E-state index contributed by atoms with van der Waals surface area (Å²) in [5.74, 6) is 0.763. The van der Waals surface area contributed by atoms with Gasteiger partial charge in [0.15, 0.2) is 0 Å². The van der Waals surface area contributed by atoms with E-state index in [0.29, 0.717) is 13.0 Å². The molecule has 0 atom stereocenters. The van der Waals surface area contributed by atoms with Crippen molar-refractivity contribution >= 4 is 11.6 Å². The number of carbonyl (C=O) groups excluding carboxylic acids is 1. The third-order valence-corrected chi connectivity index (χ3v) is 2.28. The van der Waals surface area contributed by atoms with E-state index in [-0.39, 0.29) is 5.91 Å². The number of carbonyl (C=O) groups is 1. The molecule has 0 aliphatic heterocycles. The van der Waals surface area contributed by atoms with Crippen molar-refractivity contribution in [3.63, 3.8) is 0 Å². The summed E-state index contributed by atoms with van der Waals surface area (Å²) in [7, 11) is 0. The molecule has 1 amide bonds. The number of amides is 1. The van der Waals surface area contributed by atoms with Gasteiger partial charge in [-0.1, -0.05) is 26.0 Å². The van der Waals surface area contributed by atoms with Crippen molar-refractivity contribution < 1.29 is 9.53 Å². The van der Waals surface area contributed by atoms with Gasteiger partial charge < -0.3 is 10.1 Å². The highest BCUT2D eigenvalue weighted by Gasteiger charge is 2.08. The number of hydrogen-bond acceptors (Lipinski definition) is 2. The van der Waals surface area contributed by atoms with Crippen LogP contribution in [0.15, 0.2) is 18.2 Å². The largest absolute Gasteiger partial charge is 0.491 e. The molecule has 16 heavy (non-hydrogen) atoms. The van der Waals surface area contributed by atoms with Crippen LogP contribution in [0.25, 0.3) is 0 Å². The number of nitrogens with one attached hydrogen (secondary N) is 1. The number of para-hydroxylation sites is 1. The number of hydrogen-bond donors (Lipinski definition) is 1. The van der Waals surface area contributed by atoms with Crippen LogP contribution in [-0.2, 0) is 4.79 Å². The second-order valence-corrected chi connectivity index (χ2v) is 3.70. The molecule has 0 spiro atoms. The van der Waals surface area contributed by atoms with Gasteiger partial charge in [0.05, 0.1) is 12.3 Å². The SMILES string of the molecule is CCCOc1cccc(C)c1NC(=O)CC. The molecule has 1 aromatic carbocycles. The highest BCUT2D eigenvalue weighted by atomic mass is 16.5. The van der Waals surface area contributed by atoms with Crippen LogP contribution in [0.4, 0.5) is 5.69 Å². The van der Waals surface area contributed by atoms with Gasteiger partial charge in [-0.3, -0.25) is 4.79 Å². The van der Waals surface area contributed by atoms with Gasteiger partial charge >= 0.3 is 0 Å². The number of aryl methyl sites for hydroxylation is 1. The first-order chi connectivity index (χ1) is 7.69. The summed E-state index contributed by atoms with van der Waals surface area (Å²) in [5.41, 5.74) is 1.82. The fourth-order valence-corrected chi connectivity index (χ4v) is 1.36. The second-order valence-electron chi connectivity index (χ2n) is 3.70. The van der Waals surface area contributed by atoms with E-state index in [1.807, 2.05) is 32.0 Å². The monoisotopic (exact) mass is 221 g/mol. The van der Waals surface area contributed by atoms with Crippen LogP contribution < -0.4 is 10.1 Å². The zero-order valence-electron chi connectivity index (χ0n) is 10.2. The summed E-state index contributed by atoms with van der Waals surface area (Å²) in [4.78, 5) is 11.4. The molecule has 0 aliphatic carbocycles. The van der Waals surface area contributed by atoms with Crippen LogP contribution >= 0.6 is 0 Å². The van der Waals surface area contributed by atoms with Crippen LogP contribution in [-0.4, -0.2) is 12.5 Å². The molecule has 0 fully saturated rings. The smallest absolute Gasteiger partial charge is 0.224 e. The zero-order valence-corrected chi connectivity index (χ0v) is 10.2. The van der Waals surface area contributed by atoms with E-state index in [1.165, 1.54) is 0 Å². The van der Waals surface area contributed by atoms with Crippen LogP contribution in [0.5, 0.6) is 5.75 Å². The number of rotatable bonds is 5. The molecule has 0 saturated carbocycles. The Hall–Kier alpha value is -1.51. The Bertz CT molecular complexity index is 361. The quantitative estimate of drug-likeness (QED) is 0.829. The van der Waals surface area contributed by atoms with E-state index in [9.17, 15) is 4.79 Å². The third-order valence-electron chi connectivity index (χ3n) is 2.28. The van der Waals surface area contributed by atoms with Gasteiger partial charge in [-0.15, -0.1) is 0 Å². The van der Waals surface area contributed by atoms with E-state index in [4.69, 9.17) is 4.74 Å². The van der Waals surface area contributed by atoms with Gasteiger partial charge in [0.25, 0.3) is 0 Å². The fourth-order valence-electron chi connectivity index (χ4n) is 1.36. The number of benzene rings is 1. The fraction of sp³-hybridized carbons (Fsp3) is 0.462. The summed E-state index contributed by atoms with van der Waals surface area (Å²) in [6, 6.07) is 5.78. The second kappa shape index (κ2) is 6.16. The van der Waals surface area contributed by atoms with Crippen molar-refractivity contribution in [2.24, 2.45) is 0 Å². The first kappa shape index (κ1) is 12.6. The van der Waals surface area contributed by atoms with Crippen molar-refractivity contribution in [3.8, 4) is 5.75 Å². The first-order valence-corrected chi connectivity index (χ1v) is 5.71. The minimum absolute atomic E-state index is 0.00986. The van der Waals surface area contributed by atoms with Gasteiger partial charge in [-0.25, -0.2) is 0 Å². The Morgan fingerprint density at radius 3 is 2.75 bits per heavy atom. The minimum atomic E-state index is 0.00986. The summed E-state index contributed by atoms with van der Waals surface area (Å²) in [5, 5.41) is 2.87. The van der Waals surface area contributed by atoms with Crippen molar-refractivity contribution in [1.82, 2.24) is 0 Å². The van der Waals surface area contributed by atoms with Crippen LogP contribution in [0.2, 0.25) is 0 Å². The molecule has 1 aromatic rings. The highest BCUT2D eigenvalue weighted by molar-refractivity contribution is 5.92. The molecule has 0 saturated heterocycles. The highest BCUT2D eigenvalue weighted by Crippen LogP contribution is 2.28. The van der Waals surface area contributed by atoms with E-state index in [0.717, 1.165) is 23.4 Å². The summed E-state index contributed by atoms with van der Waals surface area (Å²) in [6.45, 7) is 6.52. The van der Waals surface area contributed by atoms with Crippen LogP contribution in [0.3, 0.4) is 0 Å². The Morgan fingerprint density at radius 1 is 1.38 bits per heavy atom. The molecule has 88 valence electrons. The predicted octanol–water partition coefficient (Wildman–Crippen LogP) is 3.13. The number of ether oxygens (including phenoxy) is 1. The van der Waals surface area contributed by atoms with E-state index in [2.05, 4.69) is 12.2 Å². The summed E-state index contributed by atoms with van der Waals surface area (Å²) in [6.07, 6.45) is 1.43. The average Bonchev–Trinajstić information content (AvgIpc) is 2.29. The van der Waals surface area contributed by atoms with Gasteiger partial charge in [-0.2, -0.15) is 0 Å². The lowest BCUT2D eigenvalue weighted by Crippen LogP contribution is -2.12. The summed E-state index contributed by atoms with van der Waals surface area (Å²) >= 11 is 0. The lowest BCUT2D eigenvalue weighted by molar-refractivity contribution is -0.115. The predicted molar refractivity (Wildman–Crippen MR) is 65.9 cm³/mol. The van der Waals surface area contributed by atoms with Gasteiger partial charge in [0.1, 0.15) is 5.75 Å². The molecule has 0 unspecified atom stereocenters. The summed E-state index contributed by atoms with van der Waals surface area (Å²) < 4.78 is 5.60. The molecule has 3 nitrogen and oxygen atoms in total. The molecule has 0 aliphatic rings. The maximum atomic E-state index is 11.4. The van der Waals surface area contributed by atoms with E-state index in [1.54, 1.807) is 0 Å². The maximum absolute atomic E-state index is 11.4. The molecular weight excluding hydrogens is 202 g/mol. The maximum Gasteiger partial charge on any atom is 0.224 e. The Kier molecular flexibility index (Phi) is 4.83. The van der Waals surface area contributed by atoms with Gasteiger partial charge in [0.2, 0.25) is 5.91 Å². The first-order valence-electron chi connectivity index (χ1n) is 5.71. The molecule has 1 N–H and O–H groups in total. The van der Waals surface area contributed by atoms with Crippen molar-refractivity contribution in [1.29, 1.82) is 0 Å². The molecule has 0 radical (unpaired) electrons. The average molecular weight is 221 g/mol. The molecule has 0 heterocycles. The molecule has 1 rings (SSSR count). The van der Waals surface area contributed by atoms with E-state index < -0.39 is 0 Å². The van der Waals surface area contributed by atoms with E-state index >= 15 is 0 Å². The standard InChI is InChI=1S/C13H19NO2/c1-4-9-16-11-8-6-7-10(3)13(11)14-12(15)5-2/h6-8H,4-5,9H2,1-3H3,(H,14,15). The lowest BCUT2D eigenvalue weighted by Gasteiger charge is -2.13. The molecule has 0 bridgehead atoms. The normalized spacial score (nSPS) is 9.94. The Labute approximate surface area is 96.8 Å². The van der Waals surface area contributed by atoms with Crippen LogP contribution in [0.1, 0.15) is 32.3 Å². The lowest BCUT2D eigenvalue weighted by atomic mass is 10.2. The van der Waals surface area contributed by atoms with Crippen molar-refractivity contribution in [2.45, 2.75) is 33.6 Å². The van der Waals surface area contributed by atoms with Crippen molar-refractivity contribution in [3.05, 3.63) is 23.8 Å². The van der Waals surface area contributed by atoms with Crippen LogP contribution in [0, 0.1) is 6.92 Å². The van der Waals surface area contributed by atoms with Gasteiger partial charge in [-0.05, 0) is 25.0 Å². The Morgan fingerprint density at radius 2 is 2.12 bits per heavy atom. The minimum Gasteiger partial charge on any atom is -0.491 e. The molecule has 3 heteroatoms. The van der Waals surface area contributed by atoms with Crippen molar-refractivity contribution in [2.75, 3.05) is 11.9 Å². The zero-order chi connectivity index (χ0) is 12.0. The van der Waals surface area contributed by atoms with Gasteiger partial charge in [0, 0.05) is 6.42 Å². The Balaban J connectivity index is 2.89.